The monoisotopic (exact) mass is 199 g/mol. The molecule has 2 rings (SSSR count). The first-order valence-electron chi connectivity index (χ1n) is 4.87. The van der Waals surface area contributed by atoms with Gasteiger partial charge in [-0.25, -0.2) is 0 Å². The van der Waals surface area contributed by atoms with Crippen LogP contribution in [-0.4, -0.2) is 11.1 Å². The quantitative estimate of drug-likeness (QED) is 0.729. The molecule has 0 heterocycles. The molecule has 3 N–H and O–H groups in total. The lowest BCUT2D eigenvalue weighted by Gasteiger charge is -2.15. The Morgan fingerprint density at radius 1 is 1.20 bits per heavy atom. The fourth-order valence-electron chi connectivity index (χ4n) is 1.52. The molecule has 1 aliphatic rings. The van der Waals surface area contributed by atoms with E-state index in [-0.39, 0.29) is 5.76 Å². The lowest BCUT2D eigenvalue weighted by Crippen LogP contribution is -2.25. The van der Waals surface area contributed by atoms with Crippen molar-refractivity contribution in [1.82, 2.24) is 0 Å². The number of allylic oxidation sites excluding steroid dienone is 2. The zero-order valence-corrected chi connectivity index (χ0v) is 8.30. The molecule has 1 atom stereocenters. The largest absolute Gasteiger partial charge is 0.510 e. The third-order valence-corrected chi connectivity index (χ3v) is 2.37. The standard InChI is InChI=1S/C13H13NO/c14-13-11(7-4-8-12(13)15)9-10-5-2-1-3-6-10/h1-9,13,15H,14H2. The Morgan fingerprint density at radius 3 is 2.67 bits per heavy atom. The highest BCUT2D eigenvalue weighted by Gasteiger charge is 2.13. The minimum absolute atomic E-state index is 0.208. The lowest BCUT2D eigenvalue weighted by molar-refractivity contribution is 0.380. The summed E-state index contributed by atoms with van der Waals surface area (Å²) in [4.78, 5) is 0. The number of benzene rings is 1. The van der Waals surface area contributed by atoms with Crippen LogP contribution in [0.1, 0.15) is 5.56 Å². The van der Waals surface area contributed by atoms with Crippen molar-refractivity contribution in [2.75, 3.05) is 0 Å². The van der Waals surface area contributed by atoms with Crippen LogP contribution in [0.5, 0.6) is 0 Å². The third kappa shape index (κ3) is 2.17. The fraction of sp³-hybridized carbons (Fsp3) is 0.0769. The SMILES string of the molecule is NC1C(O)=CC=CC1=Cc1ccccc1. The summed E-state index contributed by atoms with van der Waals surface area (Å²) in [6, 6.07) is 9.51. The molecule has 0 saturated carbocycles. The van der Waals surface area contributed by atoms with Crippen molar-refractivity contribution >= 4 is 6.08 Å². The van der Waals surface area contributed by atoms with Crippen LogP contribution in [0.25, 0.3) is 6.08 Å². The van der Waals surface area contributed by atoms with Gasteiger partial charge in [0.05, 0.1) is 6.04 Å². The number of nitrogens with two attached hydrogens (primary N) is 1. The Hall–Kier alpha value is -1.80. The summed E-state index contributed by atoms with van der Waals surface area (Å²) in [7, 11) is 0. The van der Waals surface area contributed by atoms with E-state index in [1.54, 1.807) is 12.2 Å². The van der Waals surface area contributed by atoms with Gasteiger partial charge in [0.25, 0.3) is 0 Å². The van der Waals surface area contributed by atoms with Crippen molar-refractivity contribution < 1.29 is 5.11 Å². The molecule has 0 radical (unpaired) electrons. The number of aliphatic hydroxyl groups is 1. The molecule has 2 heteroatoms. The van der Waals surface area contributed by atoms with E-state index in [0.29, 0.717) is 0 Å². The van der Waals surface area contributed by atoms with Crippen molar-refractivity contribution in [2.24, 2.45) is 5.73 Å². The maximum atomic E-state index is 9.47. The molecule has 76 valence electrons. The van der Waals surface area contributed by atoms with Crippen molar-refractivity contribution in [1.29, 1.82) is 0 Å². The molecule has 15 heavy (non-hydrogen) atoms. The Balaban J connectivity index is 2.29. The predicted octanol–water partition coefficient (Wildman–Crippen LogP) is 2.41. The van der Waals surface area contributed by atoms with Gasteiger partial charge in [-0.1, -0.05) is 42.5 Å². The first kappa shape index (κ1) is 9.74. The van der Waals surface area contributed by atoms with Gasteiger partial charge in [-0.2, -0.15) is 0 Å². The summed E-state index contributed by atoms with van der Waals surface area (Å²) < 4.78 is 0. The van der Waals surface area contributed by atoms with Crippen molar-refractivity contribution in [3.05, 3.63) is 65.5 Å². The molecule has 0 amide bonds. The van der Waals surface area contributed by atoms with Crippen molar-refractivity contribution in [3.8, 4) is 0 Å². The highest BCUT2D eigenvalue weighted by Crippen LogP contribution is 2.17. The molecular formula is C13H13NO. The summed E-state index contributed by atoms with van der Waals surface area (Å²) in [6.45, 7) is 0. The van der Waals surface area contributed by atoms with Gasteiger partial charge in [0.15, 0.2) is 0 Å². The molecule has 0 saturated heterocycles. The van der Waals surface area contributed by atoms with Crippen molar-refractivity contribution in [2.45, 2.75) is 6.04 Å². The second-order valence-corrected chi connectivity index (χ2v) is 3.48. The zero-order valence-electron chi connectivity index (χ0n) is 8.30. The van der Waals surface area contributed by atoms with Gasteiger partial charge in [-0.15, -0.1) is 0 Å². The summed E-state index contributed by atoms with van der Waals surface area (Å²) in [5.41, 5.74) is 7.84. The molecule has 1 unspecified atom stereocenters. The van der Waals surface area contributed by atoms with Gasteiger partial charge in [0.2, 0.25) is 0 Å². The normalized spacial score (nSPS) is 22.9. The lowest BCUT2D eigenvalue weighted by atomic mass is 9.98. The second kappa shape index (κ2) is 4.15. The highest BCUT2D eigenvalue weighted by molar-refractivity contribution is 5.60. The molecule has 1 aliphatic carbocycles. The number of hydrogen-bond acceptors (Lipinski definition) is 2. The van der Waals surface area contributed by atoms with Crippen LogP contribution in [0.2, 0.25) is 0 Å². The minimum atomic E-state index is -0.407. The van der Waals surface area contributed by atoms with E-state index in [2.05, 4.69) is 0 Å². The average molecular weight is 199 g/mol. The summed E-state index contributed by atoms with van der Waals surface area (Å²) in [5, 5.41) is 9.47. The van der Waals surface area contributed by atoms with Crippen LogP contribution >= 0.6 is 0 Å². The molecule has 0 spiro atoms. The Labute approximate surface area is 89.0 Å². The molecular weight excluding hydrogens is 186 g/mol. The van der Waals surface area contributed by atoms with E-state index in [1.807, 2.05) is 42.5 Å². The second-order valence-electron chi connectivity index (χ2n) is 3.48. The molecule has 0 bridgehead atoms. The zero-order chi connectivity index (χ0) is 10.7. The summed E-state index contributed by atoms with van der Waals surface area (Å²) in [5.74, 6) is 0.208. The molecule has 0 aromatic heterocycles. The predicted molar refractivity (Wildman–Crippen MR) is 62.2 cm³/mol. The van der Waals surface area contributed by atoms with Crippen LogP contribution in [0, 0.1) is 0 Å². The van der Waals surface area contributed by atoms with Gasteiger partial charge in [-0.05, 0) is 23.3 Å². The van der Waals surface area contributed by atoms with Crippen LogP contribution in [0.3, 0.4) is 0 Å². The van der Waals surface area contributed by atoms with Crippen LogP contribution < -0.4 is 5.73 Å². The smallest absolute Gasteiger partial charge is 0.113 e. The van der Waals surface area contributed by atoms with E-state index in [4.69, 9.17) is 5.73 Å². The van der Waals surface area contributed by atoms with E-state index in [0.717, 1.165) is 11.1 Å². The average Bonchev–Trinajstić information content (AvgIpc) is 2.26. The maximum Gasteiger partial charge on any atom is 0.113 e. The van der Waals surface area contributed by atoms with Crippen LogP contribution in [0.15, 0.2) is 59.9 Å². The number of rotatable bonds is 1. The Morgan fingerprint density at radius 2 is 1.93 bits per heavy atom. The van der Waals surface area contributed by atoms with E-state index in [9.17, 15) is 5.11 Å². The topological polar surface area (TPSA) is 46.2 Å². The maximum absolute atomic E-state index is 9.47. The third-order valence-electron chi connectivity index (χ3n) is 2.37. The van der Waals surface area contributed by atoms with Gasteiger partial charge in [-0.3, -0.25) is 0 Å². The highest BCUT2D eigenvalue weighted by atomic mass is 16.3. The van der Waals surface area contributed by atoms with Crippen LogP contribution in [-0.2, 0) is 0 Å². The van der Waals surface area contributed by atoms with Crippen LogP contribution in [0.4, 0.5) is 0 Å². The molecule has 1 aromatic carbocycles. The van der Waals surface area contributed by atoms with Gasteiger partial charge >= 0.3 is 0 Å². The Bertz CT molecular complexity index is 429. The Kier molecular flexibility index (Phi) is 2.70. The first-order chi connectivity index (χ1) is 7.27. The fourth-order valence-corrected chi connectivity index (χ4v) is 1.52. The summed E-state index contributed by atoms with van der Waals surface area (Å²) >= 11 is 0. The number of aliphatic hydroxyl groups excluding tert-OH is 1. The molecule has 2 nitrogen and oxygen atoms in total. The van der Waals surface area contributed by atoms with E-state index in [1.165, 1.54) is 0 Å². The molecule has 0 fully saturated rings. The molecule has 1 aromatic rings. The summed E-state index contributed by atoms with van der Waals surface area (Å²) in [6.07, 6.45) is 7.31. The van der Waals surface area contributed by atoms with Gasteiger partial charge in [0, 0.05) is 0 Å². The number of hydrogen-bond donors (Lipinski definition) is 2. The van der Waals surface area contributed by atoms with Gasteiger partial charge < -0.3 is 10.8 Å². The van der Waals surface area contributed by atoms with Crippen molar-refractivity contribution in [3.63, 3.8) is 0 Å². The minimum Gasteiger partial charge on any atom is -0.510 e. The van der Waals surface area contributed by atoms with E-state index >= 15 is 0 Å². The molecule has 0 aliphatic heterocycles. The van der Waals surface area contributed by atoms with Gasteiger partial charge in [0.1, 0.15) is 5.76 Å². The van der Waals surface area contributed by atoms with E-state index < -0.39 is 6.04 Å². The first-order valence-corrected chi connectivity index (χ1v) is 4.87.